The molecular formula is C7H12O. The van der Waals surface area contributed by atoms with Crippen LogP contribution in [-0.4, -0.2) is 12.2 Å². The highest BCUT2D eigenvalue weighted by atomic mass is 16.5. The van der Waals surface area contributed by atoms with Crippen LogP contribution in [0.5, 0.6) is 0 Å². The predicted octanol–water partition coefficient (Wildman–Crippen LogP) is 1.43. The largest absolute Gasteiger partial charge is 0.374 e. The Morgan fingerprint density at radius 3 is 1.62 bits per heavy atom. The molecule has 0 aromatic heterocycles. The van der Waals surface area contributed by atoms with E-state index in [1.807, 2.05) is 0 Å². The summed E-state index contributed by atoms with van der Waals surface area (Å²) < 4.78 is 5.47. The molecule has 1 saturated carbocycles. The van der Waals surface area contributed by atoms with Gasteiger partial charge in [-0.2, -0.15) is 0 Å². The van der Waals surface area contributed by atoms with Gasteiger partial charge in [0, 0.05) is 6.42 Å². The molecule has 3 fully saturated rings. The second-order valence-corrected chi connectivity index (χ2v) is 3.17. The maximum Gasteiger partial charge on any atom is 0.0632 e. The molecule has 3 aliphatic rings. The molecule has 1 heteroatoms. The van der Waals surface area contributed by atoms with Gasteiger partial charge in [-0.1, -0.05) is 13.8 Å². The molecule has 46 valence electrons. The minimum Gasteiger partial charge on any atom is -0.374 e. The number of fused-ring (bicyclic) bond motifs is 1. The first-order chi connectivity index (χ1) is 3.79. The van der Waals surface area contributed by atoms with E-state index in [-0.39, 0.29) is 0 Å². The van der Waals surface area contributed by atoms with Crippen molar-refractivity contribution in [1.29, 1.82) is 0 Å². The Bertz CT molecular complexity index is 93.0. The van der Waals surface area contributed by atoms with E-state index >= 15 is 0 Å². The highest BCUT2D eigenvalue weighted by Gasteiger charge is 2.48. The van der Waals surface area contributed by atoms with Crippen molar-refractivity contribution in [3.8, 4) is 0 Å². The molecule has 8 heavy (non-hydrogen) atoms. The Morgan fingerprint density at radius 1 is 1.12 bits per heavy atom. The second-order valence-electron chi connectivity index (χ2n) is 3.17. The van der Waals surface area contributed by atoms with E-state index in [4.69, 9.17) is 4.74 Å². The minimum atomic E-state index is 0.634. The highest BCUT2D eigenvalue weighted by molar-refractivity contribution is 4.96. The van der Waals surface area contributed by atoms with Crippen molar-refractivity contribution in [2.75, 3.05) is 0 Å². The molecule has 2 aliphatic heterocycles. The lowest BCUT2D eigenvalue weighted by Gasteiger charge is -2.25. The van der Waals surface area contributed by atoms with Gasteiger partial charge in [0.25, 0.3) is 0 Å². The summed E-state index contributed by atoms with van der Waals surface area (Å²) in [7, 11) is 0. The standard InChI is InChI=1S/C7H12O/c1-4-5(2)7-3-6(4)8-7/h4-7H,3H2,1-2H3. The quantitative estimate of drug-likeness (QED) is 0.460. The molecule has 0 amide bonds. The van der Waals surface area contributed by atoms with E-state index in [1.54, 1.807) is 0 Å². The van der Waals surface area contributed by atoms with Crippen LogP contribution in [0.2, 0.25) is 0 Å². The fraction of sp³-hybridized carbons (Fsp3) is 1.00. The third-order valence-electron chi connectivity index (χ3n) is 2.82. The van der Waals surface area contributed by atoms with Gasteiger partial charge in [-0.15, -0.1) is 0 Å². The number of hydrogen-bond acceptors (Lipinski definition) is 1. The van der Waals surface area contributed by atoms with Crippen LogP contribution in [0.1, 0.15) is 20.3 Å². The van der Waals surface area contributed by atoms with E-state index in [0.717, 1.165) is 11.8 Å². The van der Waals surface area contributed by atoms with Crippen molar-refractivity contribution in [2.45, 2.75) is 32.5 Å². The molecule has 4 atom stereocenters. The average molecular weight is 112 g/mol. The number of rotatable bonds is 0. The van der Waals surface area contributed by atoms with Crippen LogP contribution in [0, 0.1) is 11.8 Å². The molecule has 0 N–H and O–H groups in total. The molecule has 2 saturated heterocycles. The van der Waals surface area contributed by atoms with Crippen molar-refractivity contribution in [3.05, 3.63) is 0 Å². The molecule has 0 aromatic rings. The first-order valence-electron chi connectivity index (χ1n) is 3.44. The fourth-order valence-corrected chi connectivity index (χ4v) is 1.80. The molecule has 0 spiro atoms. The first-order valence-corrected chi connectivity index (χ1v) is 3.44. The zero-order valence-corrected chi connectivity index (χ0v) is 5.42. The number of ether oxygens (including phenoxy) is 1. The molecule has 0 radical (unpaired) electrons. The smallest absolute Gasteiger partial charge is 0.0632 e. The Kier molecular flexibility index (Phi) is 0.762. The van der Waals surface area contributed by atoms with E-state index in [2.05, 4.69) is 13.8 Å². The van der Waals surface area contributed by atoms with Crippen LogP contribution >= 0.6 is 0 Å². The summed E-state index contributed by atoms with van der Waals surface area (Å²) in [6, 6.07) is 0. The van der Waals surface area contributed by atoms with E-state index in [0.29, 0.717) is 12.2 Å². The SMILES string of the molecule is CC1C2CC(O2)C1C. The zero-order chi connectivity index (χ0) is 5.72. The molecule has 2 bridgehead atoms. The normalized spacial score (nSPS) is 60.8. The topological polar surface area (TPSA) is 9.23 Å². The summed E-state index contributed by atoms with van der Waals surface area (Å²) >= 11 is 0. The van der Waals surface area contributed by atoms with Crippen LogP contribution in [0.4, 0.5) is 0 Å². The van der Waals surface area contributed by atoms with Crippen molar-refractivity contribution in [1.82, 2.24) is 0 Å². The Hall–Kier alpha value is -0.0400. The summed E-state index contributed by atoms with van der Waals surface area (Å²) in [6.45, 7) is 4.59. The summed E-state index contributed by atoms with van der Waals surface area (Å²) in [5, 5.41) is 0. The summed E-state index contributed by atoms with van der Waals surface area (Å²) in [5.41, 5.74) is 0. The van der Waals surface area contributed by atoms with Gasteiger partial charge in [-0.05, 0) is 11.8 Å². The minimum absolute atomic E-state index is 0.634. The average Bonchev–Trinajstić information content (AvgIpc) is 1.89. The molecular weight excluding hydrogens is 100 g/mol. The first kappa shape index (κ1) is 4.80. The van der Waals surface area contributed by atoms with E-state index in [9.17, 15) is 0 Å². The fourth-order valence-electron chi connectivity index (χ4n) is 1.80. The lowest BCUT2D eigenvalue weighted by atomic mass is 10.0. The number of hydrogen-bond donors (Lipinski definition) is 0. The monoisotopic (exact) mass is 112 g/mol. The third kappa shape index (κ3) is 0.368. The molecule has 0 aromatic carbocycles. The molecule has 1 nitrogen and oxygen atoms in total. The van der Waals surface area contributed by atoms with Gasteiger partial charge in [0.2, 0.25) is 0 Å². The molecule has 3 rings (SSSR count). The van der Waals surface area contributed by atoms with Gasteiger partial charge < -0.3 is 4.74 Å². The van der Waals surface area contributed by atoms with Gasteiger partial charge in [0.05, 0.1) is 12.2 Å². The van der Waals surface area contributed by atoms with Crippen LogP contribution in [0.25, 0.3) is 0 Å². The lowest BCUT2D eigenvalue weighted by Crippen LogP contribution is -2.28. The van der Waals surface area contributed by atoms with E-state index < -0.39 is 0 Å². The van der Waals surface area contributed by atoms with Crippen molar-refractivity contribution < 1.29 is 4.74 Å². The summed E-state index contributed by atoms with van der Waals surface area (Å²) in [4.78, 5) is 0. The maximum atomic E-state index is 5.47. The Morgan fingerprint density at radius 2 is 1.50 bits per heavy atom. The maximum absolute atomic E-state index is 5.47. The highest BCUT2D eigenvalue weighted by Crippen LogP contribution is 2.45. The lowest BCUT2D eigenvalue weighted by molar-refractivity contribution is -0.0789. The molecule has 1 aliphatic carbocycles. The van der Waals surface area contributed by atoms with Crippen LogP contribution in [0.3, 0.4) is 0 Å². The summed E-state index contributed by atoms with van der Waals surface area (Å²) in [6.07, 6.45) is 2.60. The van der Waals surface area contributed by atoms with Gasteiger partial charge in [0.1, 0.15) is 0 Å². The third-order valence-corrected chi connectivity index (χ3v) is 2.82. The van der Waals surface area contributed by atoms with Crippen LogP contribution < -0.4 is 0 Å². The van der Waals surface area contributed by atoms with Crippen molar-refractivity contribution in [2.24, 2.45) is 11.8 Å². The molecule has 2 heterocycles. The van der Waals surface area contributed by atoms with Crippen LogP contribution in [0.15, 0.2) is 0 Å². The molecule has 4 unspecified atom stereocenters. The van der Waals surface area contributed by atoms with Crippen LogP contribution in [-0.2, 0) is 4.74 Å². The van der Waals surface area contributed by atoms with Gasteiger partial charge >= 0.3 is 0 Å². The Labute approximate surface area is 50.0 Å². The second kappa shape index (κ2) is 1.27. The summed E-state index contributed by atoms with van der Waals surface area (Å²) in [5.74, 6) is 1.67. The van der Waals surface area contributed by atoms with Gasteiger partial charge in [0.15, 0.2) is 0 Å². The van der Waals surface area contributed by atoms with E-state index in [1.165, 1.54) is 6.42 Å². The van der Waals surface area contributed by atoms with Gasteiger partial charge in [-0.3, -0.25) is 0 Å². The Balaban J connectivity index is 2.16. The van der Waals surface area contributed by atoms with Gasteiger partial charge in [-0.25, -0.2) is 0 Å². The zero-order valence-electron chi connectivity index (χ0n) is 5.42. The van der Waals surface area contributed by atoms with Crippen molar-refractivity contribution >= 4 is 0 Å². The predicted molar refractivity (Wildman–Crippen MR) is 31.6 cm³/mol. The van der Waals surface area contributed by atoms with Crippen molar-refractivity contribution in [3.63, 3.8) is 0 Å².